The lowest BCUT2D eigenvalue weighted by Gasteiger charge is -2.22. The van der Waals surface area contributed by atoms with Gasteiger partial charge in [-0.2, -0.15) is 0 Å². The molecule has 0 spiro atoms. The Morgan fingerprint density at radius 2 is 1.83 bits per heavy atom. The summed E-state index contributed by atoms with van der Waals surface area (Å²) in [5.41, 5.74) is 9.05. The van der Waals surface area contributed by atoms with E-state index in [1.807, 2.05) is 6.07 Å². The van der Waals surface area contributed by atoms with Crippen molar-refractivity contribution in [2.24, 2.45) is 11.7 Å². The van der Waals surface area contributed by atoms with Gasteiger partial charge in [0, 0.05) is 37.7 Å². The smallest absolute Gasteiger partial charge is 0.252 e. The van der Waals surface area contributed by atoms with Crippen molar-refractivity contribution < 1.29 is 9.53 Å². The van der Waals surface area contributed by atoms with Gasteiger partial charge in [-0.15, -0.1) is 0 Å². The molecule has 1 aromatic carbocycles. The zero-order valence-corrected chi connectivity index (χ0v) is 16.8. The average molecular weight is 395 g/mol. The van der Waals surface area contributed by atoms with Crippen molar-refractivity contribution in [1.82, 2.24) is 4.98 Å². The number of ether oxygens (including phenoxy) is 1. The van der Waals surface area contributed by atoms with E-state index in [0.29, 0.717) is 23.2 Å². The molecule has 6 heteroatoms. The summed E-state index contributed by atoms with van der Waals surface area (Å²) in [6.07, 6.45) is 8.79. The van der Waals surface area contributed by atoms with Crippen LogP contribution in [0.4, 0.5) is 17.2 Å². The largest absolute Gasteiger partial charge is 0.384 e. The molecule has 1 saturated carbocycles. The summed E-state index contributed by atoms with van der Waals surface area (Å²) in [7, 11) is 0. The van der Waals surface area contributed by atoms with Crippen LogP contribution in [0.15, 0.2) is 36.5 Å². The Morgan fingerprint density at radius 3 is 2.52 bits per heavy atom. The number of hydrogen-bond acceptors (Lipinski definition) is 5. The minimum atomic E-state index is -0.459. The molecule has 0 radical (unpaired) electrons. The van der Waals surface area contributed by atoms with E-state index in [2.05, 4.69) is 39.9 Å². The Kier molecular flexibility index (Phi) is 6.30. The quantitative estimate of drug-likeness (QED) is 0.647. The molecule has 2 aliphatic rings. The monoisotopic (exact) mass is 394 g/mol. The van der Waals surface area contributed by atoms with E-state index in [0.717, 1.165) is 44.0 Å². The Balaban J connectivity index is 1.44. The van der Waals surface area contributed by atoms with Gasteiger partial charge in [0.15, 0.2) is 0 Å². The summed E-state index contributed by atoms with van der Waals surface area (Å²) < 4.78 is 5.45. The summed E-state index contributed by atoms with van der Waals surface area (Å²) in [5, 5.41) is 6.76. The third kappa shape index (κ3) is 5.07. The Morgan fingerprint density at radius 1 is 1.10 bits per heavy atom. The fourth-order valence-electron chi connectivity index (χ4n) is 4.35. The number of aromatic nitrogens is 1. The Bertz CT molecular complexity index is 825. The zero-order chi connectivity index (χ0) is 20.1. The molecule has 2 fully saturated rings. The first-order chi connectivity index (χ1) is 14.2. The number of rotatable bonds is 7. The maximum Gasteiger partial charge on any atom is 0.252 e. The molecule has 0 atom stereocenters. The highest BCUT2D eigenvalue weighted by Gasteiger charge is 2.17. The number of carbonyl (C=O) groups excluding carboxylic acids is 1. The van der Waals surface area contributed by atoms with Crippen molar-refractivity contribution in [3.8, 4) is 0 Å². The number of nitrogens with one attached hydrogen (secondary N) is 2. The van der Waals surface area contributed by atoms with Crippen LogP contribution in [0.1, 0.15) is 60.4 Å². The van der Waals surface area contributed by atoms with Crippen LogP contribution in [0.2, 0.25) is 0 Å². The van der Waals surface area contributed by atoms with E-state index in [1.165, 1.54) is 31.2 Å². The van der Waals surface area contributed by atoms with Crippen LogP contribution in [0.25, 0.3) is 0 Å². The molecule has 1 aliphatic heterocycles. The molecule has 1 amide bonds. The zero-order valence-electron chi connectivity index (χ0n) is 16.8. The predicted molar refractivity (Wildman–Crippen MR) is 116 cm³/mol. The minimum Gasteiger partial charge on any atom is -0.384 e. The highest BCUT2D eigenvalue weighted by Crippen LogP contribution is 2.29. The van der Waals surface area contributed by atoms with Crippen LogP contribution in [0, 0.1) is 5.92 Å². The van der Waals surface area contributed by atoms with E-state index in [-0.39, 0.29) is 0 Å². The van der Waals surface area contributed by atoms with Crippen LogP contribution in [0.5, 0.6) is 0 Å². The van der Waals surface area contributed by atoms with Crippen molar-refractivity contribution in [2.45, 2.75) is 44.4 Å². The maximum atomic E-state index is 11.8. The van der Waals surface area contributed by atoms with Gasteiger partial charge in [-0.1, -0.05) is 25.0 Å². The number of nitrogens with zero attached hydrogens (tertiary/aromatic N) is 1. The molecule has 2 aromatic rings. The van der Waals surface area contributed by atoms with Crippen molar-refractivity contribution in [1.29, 1.82) is 0 Å². The van der Waals surface area contributed by atoms with Crippen molar-refractivity contribution in [3.05, 3.63) is 47.7 Å². The van der Waals surface area contributed by atoms with E-state index in [4.69, 9.17) is 10.5 Å². The Hall–Kier alpha value is -2.60. The summed E-state index contributed by atoms with van der Waals surface area (Å²) >= 11 is 0. The third-order valence-corrected chi connectivity index (χ3v) is 6.10. The first-order valence-corrected chi connectivity index (χ1v) is 10.7. The number of hydrogen-bond donors (Lipinski definition) is 3. The molecular formula is C23H30N4O2. The number of anilines is 3. The lowest BCUT2D eigenvalue weighted by atomic mass is 9.92. The number of benzene rings is 1. The van der Waals surface area contributed by atoms with Gasteiger partial charge in [0.2, 0.25) is 0 Å². The maximum absolute atomic E-state index is 11.8. The lowest BCUT2D eigenvalue weighted by molar-refractivity contribution is 0.0853. The second-order valence-electron chi connectivity index (χ2n) is 8.14. The van der Waals surface area contributed by atoms with Gasteiger partial charge in [0.05, 0.1) is 11.3 Å². The van der Waals surface area contributed by atoms with E-state index >= 15 is 0 Å². The van der Waals surface area contributed by atoms with E-state index < -0.39 is 5.91 Å². The summed E-state index contributed by atoms with van der Waals surface area (Å²) in [6, 6.07) is 10.4. The number of nitrogens with two attached hydrogens (primary N) is 1. The summed E-state index contributed by atoms with van der Waals surface area (Å²) in [6.45, 7) is 2.55. The highest BCUT2D eigenvalue weighted by atomic mass is 16.5. The first-order valence-electron chi connectivity index (χ1n) is 10.7. The van der Waals surface area contributed by atoms with Gasteiger partial charge >= 0.3 is 0 Å². The molecule has 0 unspecified atom stereocenters. The summed E-state index contributed by atoms with van der Waals surface area (Å²) in [4.78, 5) is 16.2. The number of pyridine rings is 1. The van der Waals surface area contributed by atoms with Crippen molar-refractivity contribution >= 4 is 23.1 Å². The SMILES string of the molecule is NC(=O)c1cnc(Nc2ccc(C3CCOCC3)cc2)cc1NCC1CCCC1. The topological polar surface area (TPSA) is 89.3 Å². The minimum absolute atomic E-state index is 0.434. The van der Waals surface area contributed by atoms with Crippen LogP contribution >= 0.6 is 0 Å². The molecule has 1 aromatic heterocycles. The van der Waals surface area contributed by atoms with Gasteiger partial charge in [-0.25, -0.2) is 4.98 Å². The Labute approximate surface area is 172 Å². The molecule has 29 heavy (non-hydrogen) atoms. The number of primary amides is 1. The fourth-order valence-corrected chi connectivity index (χ4v) is 4.35. The van der Waals surface area contributed by atoms with Gasteiger partial charge in [0.25, 0.3) is 5.91 Å². The van der Waals surface area contributed by atoms with Crippen LogP contribution in [-0.2, 0) is 4.74 Å². The fraction of sp³-hybridized carbons (Fsp3) is 0.478. The van der Waals surface area contributed by atoms with Gasteiger partial charge < -0.3 is 21.1 Å². The molecular weight excluding hydrogens is 364 g/mol. The molecule has 2 heterocycles. The van der Waals surface area contributed by atoms with Gasteiger partial charge in [-0.05, 0) is 55.2 Å². The molecule has 154 valence electrons. The van der Waals surface area contributed by atoms with Crippen LogP contribution in [-0.4, -0.2) is 30.6 Å². The number of amides is 1. The number of carbonyl (C=O) groups is 1. The van der Waals surface area contributed by atoms with E-state index in [1.54, 1.807) is 6.20 Å². The normalized spacial score (nSPS) is 17.9. The molecule has 6 nitrogen and oxygen atoms in total. The lowest BCUT2D eigenvalue weighted by Crippen LogP contribution is -2.18. The van der Waals surface area contributed by atoms with Gasteiger partial charge in [-0.3, -0.25) is 4.79 Å². The molecule has 4 rings (SSSR count). The molecule has 1 saturated heterocycles. The van der Waals surface area contributed by atoms with Crippen molar-refractivity contribution in [2.75, 3.05) is 30.4 Å². The predicted octanol–water partition coefficient (Wildman–Crippen LogP) is 4.42. The standard InChI is InChI=1S/C23H30N4O2/c24-23(28)20-15-26-22(13-21(20)25-14-16-3-1-2-4-16)27-19-7-5-17(6-8-19)18-9-11-29-12-10-18/h5-8,13,15-16,18H,1-4,9-12,14H2,(H2,24,28)(H2,25,26,27). The molecule has 0 bridgehead atoms. The second-order valence-corrected chi connectivity index (χ2v) is 8.14. The molecule has 1 aliphatic carbocycles. The van der Waals surface area contributed by atoms with Gasteiger partial charge in [0.1, 0.15) is 5.82 Å². The van der Waals surface area contributed by atoms with Crippen LogP contribution < -0.4 is 16.4 Å². The van der Waals surface area contributed by atoms with Crippen molar-refractivity contribution in [3.63, 3.8) is 0 Å². The average Bonchev–Trinajstić information content (AvgIpc) is 3.27. The second kappa shape index (κ2) is 9.27. The third-order valence-electron chi connectivity index (χ3n) is 6.10. The van der Waals surface area contributed by atoms with Crippen LogP contribution in [0.3, 0.4) is 0 Å². The molecule has 4 N–H and O–H groups in total. The summed E-state index contributed by atoms with van der Waals surface area (Å²) in [5.74, 6) is 1.48. The highest BCUT2D eigenvalue weighted by molar-refractivity contribution is 5.98. The first kappa shape index (κ1) is 19.7. The van der Waals surface area contributed by atoms with E-state index in [9.17, 15) is 4.79 Å².